The average Bonchev–Trinajstić information content (AvgIpc) is 2.10. The van der Waals surface area contributed by atoms with E-state index < -0.39 is 0 Å². The molecule has 0 aliphatic carbocycles. The third-order valence-corrected chi connectivity index (χ3v) is 2.90. The van der Waals surface area contributed by atoms with E-state index in [-0.39, 0.29) is 5.91 Å². The van der Waals surface area contributed by atoms with Gasteiger partial charge in [0, 0.05) is 21.0 Å². The van der Waals surface area contributed by atoms with Crippen molar-refractivity contribution in [2.45, 2.75) is 6.42 Å². The molecule has 0 spiro atoms. The van der Waals surface area contributed by atoms with E-state index >= 15 is 0 Å². The zero-order valence-corrected chi connectivity index (χ0v) is 11.1. The van der Waals surface area contributed by atoms with E-state index in [1.807, 2.05) is 18.2 Å². The minimum atomic E-state index is -0.0607. The van der Waals surface area contributed by atoms with Gasteiger partial charge in [0.25, 0.3) is 0 Å². The van der Waals surface area contributed by atoms with Crippen LogP contribution >= 0.6 is 38.5 Å². The Labute approximate surface area is 105 Å². The molecule has 0 fully saturated rings. The molecule has 76 valence electrons. The Morgan fingerprint density at radius 3 is 2.86 bits per heavy atom. The number of anilines is 1. The highest BCUT2D eigenvalue weighted by Crippen LogP contribution is 2.24. The van der Waals surface area contributed by atoms with E-state index in [9.17, 15) is 4.79 Å². The second-order valence-electron chi connectivity index (χ2n) is 2.71. The summed E-state index contributed by atoms with van der Waals surface area (Å²) in [5.74, 6) is -0.0607. The van der Waals surface area contributed by atoms with Crippen LogP contribution in [0.1, 0.15) is 6.42 Å². The summed E-state index contributed by atoms with van der Waals surface area (Å²) < 4.78 is 2.00. The Hall–Kier alpha value is -0.140. The molecule has 0 heterocycles. The fraction of sp³-hybridized carbons (Fsp3) is 0.222. The van der Waals surface area contributed by atoms with Crippen LogP contribution in [0.25, 0.3) is 0 Å². The van der Waals surface area contributed by atoms with Gasteiger partial charge < -0.3 is 11.1 Å². The maximum Gasteiger partial charge on any atom is 0.225 e. The van der Waals surface area contributed by atoms with E-state index in [2.05, 4.69) is 43.8 Å². The number of halogens is 2. The SMILES string of the molecule is NCCC(=O)Nc1ccc(I)cc1Br. The maximum atomic E-state index is 11.2. The fourth-order valence-electron chi connectivity index (χ4n) is 0.935. The molecule has 1 aromatic rings. The van der Waals surface area contributed by atoms with Crippen LogP contribution in [-0.2, 0) is 4.79 Å². The first-order valence-electron chi connectivity index (χ1n) is 4.08. The van der Waals surface area contributed by atoms with Crippen LogP contribution < -0.4 is 11.1 Å². The number of amides is 1. The van der Waals surface area contributed by atoms with Gasteiger partial charge in [0.1, 0.15) is 0 Å². The van der Waals surface area contributed by atoms with E-state index in [4.69, 9.17) is 5.73 Å². The zero-order valence-electron chi connectivity index (χ0n) is 7.39. The molecule has 1 amide bonds. The number of benzene rings is 1. The summed E-state index contributed by atoms with van der Waals surface area (Å²) in [7, 11) is 0. The van der Waals surface area contributed by atoms with E-state index in [1.165, 1.54) is 0 Å². The number of rotatable bonds is 3. The highest BCUT2D eigenvalue weighted by molar-refractivity contribution is 14.1. The minimum Gasteiger partial charge on any atom is -0.330 e. The lowest BCUT2D eigenvalue weighted by molar-refractivity contribution is -0.116. The molecule has 0 aliphatic heterocycles. The summed E-state index contributed by atoms with van der Waals surface area (Å²) in [5.41, 5.74) is 6.05. The predicted molar refractivity (Wildman–Crippen MR) is 69.2 cm³/mol. The highest BCUT2D eigenvalue weighted by Gasteiger charge is 2.04. The zero-order chi connectivity index (χ0) is 10.6. The van der Waals surface area contributed by atoms with Gasteiger partial charge in [-0.15, -0.1) is 0 Å². The number of carbonyl (C=O) groups is 1. The Kier molecular flexibility index (Phi) is 4.83. The topological polar surface area (TPSA) is 55.1 Å². The lowest BCUT2D eigenvalue weighted by Gasteiger charge is -2.06. The summed E-state index contributed by atoms with van der Waals surface area (Å²) in [5, 5.41) is 2.77. The molecule has 0 saturated carbocycles. The molecule has 0 bridgehead atoms. The van der Waals surface area contributed by atoms with Crippen molar-refractivity contribution in [3.63, 3.8) is 0 Å². The van der Waals surface area contributed by atoms with Gasteiger partial charge in [-0.3, -0.25) is 4.79 Å². The third-order valence-electron chi connectivity index (χ3n) is 1.58. The highest BCUT2D eigenvalue weighted by atomic mass is 127. The van der Waals surface area contributed by atoms with Crippen LogP contribution in [0.2, 0.25) is 0 Å². The van der Waals surface area contributed by atoms with Crippen molar-refractivity contribution in [2.75, 3.05) is 11.9 Å². The first kappa shape index (κ1) is 11.9. The Balaban J connectivity index is 2.72. The van der Waals surface area contributed by atoms with Crippen LogP contribution in [0, 0.1) is 3.57 Å². The lowest BCUT2D eigenvalue weighted by Crippen LogP contribution is -2.16. The van der Waals surface area contributed by atoms with Crippen molar-refractivity contribution in [1.82, 2.24) is 0 Å². The first-order valence-corrected chi connectivity index (χ1v) is 5.95. The molecule has 1 aromatic carbocycles. The van der Waals surface area contributed by atoms with Gasteiger partial charge in [-0.1, -0.05) is 0 Å². The minimum absolute atomic E-state index is 0.0607. The molecule has 0 aromatic heterocycles. The summed E-state index contributed by atoms with van der Waals surface area (Å²) in [6.07, 6.45) is 0.346. The van der Waals surface area contributed by atoms with Crippen LogP contribution in [0.4, 0.5) is 5.69 Å². The smallest absolute Gasteiger partial charge is 0.225 e. The number of nitrogens with one attached hydrogen (secondary N) is 1. The molecule has 14 heavy (non-hydrogen) atoms. The predicted octanol–water partition coefficient (Wildman–Crippen LogP) is 2.34. The average molecular weight is 369 g/mol. The summed E-state index contributed by atoms with van der Waals surface area (Å²) in [4.78, 5) is 11.2. The lowest BCUT2D eigenvalue weighted by atomic mass is 10.3. The maximum absolute atomic E-state index is 11.2. The fourth-order valence-corrected chi connectivity index (χ4v) is 2.33. The quantitative estimate of drug-likeness (QED) is 0.804. The monoisotopic (exact) mass is 368 g/mol. The van der Waals surface area contributed by atoms with Crippen molar-refractivity contribution in [3.05, 3.63) is 26.2 Å². The molecule has 5 heteroatoms. The van der Waals surface area contributed by atoms with Crippen LogP contribution in [0.3, 0.4) is 0 Å². The Bertz CT molecular complexity index is 344. The van der Waals surface area contributed by atoms with Gasteiger partial charge in [0.15, 0.2) is 0 Å². The molecular formula is C9H10BrIN2O. The van der Waals surface area contributed by atoms with Gasteiger partial charge in [0.2, 0.25) is 5.91 Å². The van der Waals surface area contributed by atoms with Crippen molar-refractivity contribution in [3.8, 4) is 0 Å². The van der Waals surface area contributed by atoms with Gasteiger partial charge in [-0.2, -0.15) is 0 Å². The van der Waals surface area contributed by atoms with Crippen molar-refractivity contribution < 1.29 is 4.79 Å². The molecule has 0 saturated heterocycles. The molecule has 0 radical (unpaired) electrons. The summed E-state index contributed by atoms with van der Waals surface area (Å²) >= 11 is 5.59. The Morgan fingerprint density at radius 1 is 1.57 bits per heavy atom. The van der Waals surface area contributed by atoms with Crippen LogP contribution in [-0.4, -0.2) is 12.5 Å². The first-order chi connectivity index (χ1) is 6.63. The molecule has 3 nitrogen and oxygen atoms in total. The number of carbonyl (C=O) groups excluding carboxylic acids is 1. The van der Waals surface area contributed by atoms with E-state index in [0.717, 1.165) is 13.7 Å². The number of hydrogen-bond donors (Lipinski definition) is 2. The molecule has 0 aliphatic rings. The Morgan fingerprint density at radius 2 is 2.29 bits per heavy atom. The second kappa shape index (κ2) is 5.67. The van der Waals surface area contributed by atoms with Gasteiger partial charge in [-0.25, -0.2) is 0 Å². The van der Waals surface area contributed by atoms with Gasteiger partial charge in [0.05, 0.1) is 5.69 Å². The largest absolute Gasteiger partial charge is 0.330 e. The van der Waals surface area contributed by atoms with Gasteiger partial charge in [-0.05, 0) is 56.7 Å². The van der Waals surface area contributed by atoms with Crippen LogP contribution in [0.5, 0.6) is 0 Å². The number of nitrogens with two attached hydrogens (primary N) is 1. The normalized spacial score (nSPS) is 9.93. The van der Waals surface area contributed by atoms with Crippen molar-refractivity contribution >= 4 is 50.1 Å². The molecule has 3 N–H and O–H groups in total. The van der Waals surface area contributed by atoms with Crippen molar-refractivity contribution in [1.29, 1.82) is 0 Å². The van der Waals surface area contributed by atoms with Crippen molar-refractivity contribution in [2.24, 2.45) is 5.73 Å². The summed E-state index contributed by atoms with van der Waals surface area (Å²) in [6.45, 7) is 0.369. The molecule has 1 rings (SSSR count). The third kappa shape index (κ3) is 3.55. The molecule has 0 atom stereocenters. The van der Waals surface area contributed by atoms with E-state index in [0.29, 0.717) is 13.0 Å². The standard InChI is InChI=1S/C9H10BrIN2O/c10-7-5-6(11)1-2-8(7)13-9(14)3-4-12/h1-2,5H,3-4,12H2,(H,13,14). The second-order valence-corrected chi connectivity index (χ2v) is 4.81. The van der Waals surface area contributed by atoms with E-state index in [1.54, 1.807) is 0 Å². The number of hydrogen-bond acceptors (Lipinski definition) is 2. The van der Waals surface area contributed by atoms with Crippen LogP contribution in [0.15, 0.2) is 22.7 Å². The molecule has 0 unspecified atom stereocenters. The summed E-state index contributed by atoms with van der Waals surface area (Å²) in [6, 6.07) is 5.74. The van der Waals surface area contributed by atoms with Gasteiger partial charge >= 0.3 is 0 Å². The molecular weight excluding hydrogens is 359 g/mol.